The molecule has 1 aromatic heterocycles. The number of allylic oxidation sites excluding steroid dienone is 1. The Morgan fingerprint density at radius 2 is 2.03 bits per heavy atom. The molecule has 2 heterocycles. The van der Waals surface area contributed by atoms with Gasteiger partial charge in [0.15, 0.2) is 11.5 Å². The molecular formula is C28H31ClN4O4S. The third kappa shape index (κ3) is 6.16. The van der Waals surface area contributed by atoms with Crippen LogP contribution in [0.15, 0.2) is 71.5 Å². The molecule has 10 heteroatoms. The van der Waals surface area contributed by atoms with Crippen LogP contribution in [0.5, 0.6) is 11.5 Å². The Bertz CT molecular complexity index is 1340. The van der Waals surface area contributed by atoms with E-state index in [0.717, 1.165) is 17.5 Å². The van der Waals surface area contributed by atoms with Crippen molar-refractivity contribution in [3.63, 3.8) is 0 Å². The lowest BCUT2D eigenvalue weighted by Crippen LogP contribution is -2.29. The van der Waals surface area contributed by atoms with E-state index in [2.05, 4.69) is 11.9 Å². The minimum absolute atomic E-state index is 0.0967. The first-order valence-corrected chi connectivity index (χ1v) is 13.8. The fourth-order valence-corrected chi connectivity index (χ4v) is 5.14. The molecule has 1 atom stereocenters. The molecule has 38 heavy (non-hydrogen) atoms. The second-order valence-electron chi connectivity index (χ2n) is 8.48. The molecule has 1 unspecified atom stereocenters. The second-order valence-corrected chi connectivity index (χ2v) is 9.83. The van der Waals surface area contributed by atoms with Crippen molar-refractivity contribution < 1.29 is 19.0 Å². The predicted molar refractivity (Wildman–Crippen MR) is 150 cm³/mol. The van der Waals surface area contributed by atoms with Gasteiger partial charge in [-0.1, -0.05) is 67.2 Å². The molecule has 1 N–H and O–H groups in total. The Morgan fingerprint density at radius 1 is 1.21 bits per heavy atom. The molecule has 3 aromatic rings. The van der Waals surface area contributed by atoms with Crippen LogP contribution in [0.4, 0.5) is 5.95 Å². The van der Waals surface area contributed by atoms with Gasteiger partial charge < -0.3 is 19.5 Å². The monoisotopic (exact) mass is 554 g/mol. The van der Waals surface area contributed by atoms with Gasteiger partial charge in [-0.2, -0.15) is 4.98 Å². The van der Waals surface area contributed by atoms with Gasteiger partial charge in [0.1, 0.15) is 12.6 Å². The number of anilines is 1. The fourth-order valence-electron chi connectivity index (χ4n) is 4.03. The van der Waals surface area contributed by atoms with Gasteiger partial charge in [-0.3, -0.25) is 0 Å². The summed E-state index contributed by atoms with van der Waals surface area (Å²) < 4.78 is 19.0. The lowest BCUT2D eigenvalue weighted by atomic mass is 9.95. The van der Waals surface area contributed by atoms with Gasteiger partial charge in [0.05, 0.1) is 18.8 Å². The van der Waals surface area contributed by atoms with Crippen molar-refractivity contribution in [3.8, 4) is 11.5 Å². The van der Waals surface area contributed by atoms with Gasteiger partial charge in [0.25, 0.3) is 0 Å². The smallest absolute Gasteiger partial charge is 0.338 e. The highest BCUT2D eigenvalue weighted by Gasteiger charge is 2.35. The summed E-state index contributed by atoms with van der Waals surface area (Å²) in [6.07, 6.45) is 2.41. The Labute approximate surface area is 232 Å². The van der Waals surface area contributed by atoms with Crippen molar-refractivity contribution >= 4 is 35.3 Å². The third-order valence-corrected chi connectivity index (χ3v) is 7.00. The highest BCUT2D eigenvalue weighted by molar-refractivity contribution is 7.98. The molecule has 0 aliphatic carbocycles. The van der Waals surface area contributed by atoms with Crippen LogP contribution < -0.4 is 14.8 Å². The largest absolute Gasteiger partial charge is 0.490 e. The third-order valence-electron chi connectivity index (χ3n) is 5.74. The van der Waals surface area contributed by atoms with Crippen LogP contribution >= 0.6 is 23.4 Å². The number of hydrogen-bond acceptors (Lipinski definition) is 8. The van der Waals surface area contributed by atoms with E-state index in [1.165, 1.54) is 17.8 Å². The van der Waals surface area contributed by atoms with Gasteiger partial charge in [-0.25, -0.2) is 9.48 Å². The van der Waals surface area contributed by atoms with Crippen molar-refractivity contribution in [1.82, 2.24) is 14.8 Å². The lowest BCUT2D eigenvalue weighted by molar-refractivity contribution is -0.138. The number of aromatic nitrogens is 3. The molecule has 0 spiro atoms. The maximum atomic E-state index is 13.2. The standard InChI is InChI=1S/C28H31ClN4O4S/c1-5-14-36-22-13-12-19(16-23(22)35-7-3)25-24(26(34)37-15-6-2)18(4)30-27-31-28(32-33(25)27)38-17-20-10-8-9-11-21(20)29/h6,8-13,16,25H,2,5,7,14-15,17H2,1,3-4H3,(H,30,31,32). The summed E-state index contributed by atoms with van der Waals surface area (Å²) in [5, 5.41) is 9.25. The molecule has 4 rings (SSSR count). The number of nitrogens with one attached hydrogen (secondary N) is 1. The number of carbonyl (C=O) groups is 1. The van der Waals surface area contributed by atoms with E-state index in [-0.39, 0.29) is 6.61 Å². The van der Waals surface area contributed by atoms with E-state index in [4.69, 9.17) is 35.9 Å². The number of hydrogen-bond donors (Lipinski definition) is 1. The molecule has 8 nitrogen and oxygen atoms in total. The molecule has 0 fully saturated rings. The molecule has 2 aromatic carbocycles. The van der Waals surface area contributed by atoms with Gasteiger partial charge in [-0.05, 0) is 49.6 Å². The van der Waals surface area contributed by atoms with Gasteiger partial charge in [-0.15, -0.1) is 5.10 Å². The summed E-state index contributed by atoms with van der Waals surface area (Å²) in [6.45, 7) is 10.6. The summed E-state index contributed by atoms with van der Waals surface area (Å²) in [5.41, 5.74) is 2.84. The van der Waals surface area contributed by atoms with Gasteiger partial charge >= 0.3 is 5.97 Å². The minimum Gasteiger partial charge on any atom is -0.490 e. The van der Waals surface area contributed by atoms with Crippen LogP contribution in [0.3, 0.4) is 0 Å². The first kappa shape index (κ1) is 27.6. The molecule has 0 saturated heterocycles. The van der Waals surface area contributed by atoms with E-state index >= 15 is 0 Å². The molecule has 1 aliphatic rings. The highest BCUT2D eigenvalue weighted by atomic mass is 35.5. The number of nitrogens with zero attached hydrogens (tertiary/aromatic N) is 3. The fraction of sp³-hybridized carbons (Fsp3) is 0.321. The molecule has 0 saturated carbocycles. The van der Waals surface area contributed by atoms with Crippen LogP contribution in [-0.4, -0.2) is 40.6 Å². The first-order chi connectivity index (χ1) is 18.5. The van der Waals surface area contributed by atoms with Crippen LogP contribution in [0.2, 0.25) is 5.02 Å². The van der Waals surface area contributed by atoms with E-state index in [1.807, 2.05) is 63.2 Å². The number of ether oxygens (including phenoxy) is 3. The number of halogens is 1. The Morgan fingerprint density at radius 3 is 2.76 bits per heavy atom. The normalized spacial score (nSPS) is 14.5. The number of benzene rings is 2. The summed E-state index contributed by atoms with van der Waals surface area (Å²) >= 11 is 7.80. The van der Waals surface area contributed by atoms with E-state index in [1.54, 1.807) is 4.68 Å². The maximum absolute atomic E-state index is 13.2. The quantitative estimate of drug-likeness (QED) is 0.156. The Balaban J connectivity index is 1.73. The van der Waals surface area contributed by atoms with Crippen LogP contribution in [0.1, 0.15) is 44.4 Å². The SMILES string of the molecule is C=CCOC(=O)C1=C(C)Nc2nc(SCc3ccccc3Cl)nn2C1c1ccc(OCCC)c(OCC)c1. The van der Waals surface area contributed by atoms with Gasteiger partial charge in [0.2, 0.25) is 11.1 Å². The second kappa shape index (κ2) is 12.9. The minimum atomic E-state index is -0.592. The lowest BCUT2D eigenvalue weighted by Gasteiger charge is -2.28. The first-order valence-electron chi connectivity index (χ1n) is 12.4. The Kier molecular flexibility index (Phi) is 9.36. The number of esters is 1. The van der Waals surface area contributed by atoms with Crippen molar-refractivity contribution in [1.29, 1.82) is 0 Å². The van der Waals surface area contributed by atoms with Crippen LogP contribution in [-0.2, 0) is 15.3 Å². The zero-order valence-corrected chi connectivity index (χ0v) is 23.3. The van der Waals surface area contributed by atoms with Crippen molar-refractivity contribution in [2.75, 3.05) is 25.1 Å². The van der Waals surface area contributed by atoms with Gasteiger partial charge in [0, 0.05) is 16.5 Å². The summed E-state index contributed by atoms with van der Waals surface area (Å²) in [4.78, 5) is 17.9. The molecule has 200 valence electrons. The summed E-state index contributed by atoms with van der Waals surface area (Å²) in [6, 6.07) is 12.8. The zero-order chi connectivity index (χ0) is 27.1. The molecule has 0 bridgehead atoms. The maximum Gasteiger partial charge on any atom is 0.338 e. The number of fused-ring (bicyclic) bond motifs is 1. The van der Waals surface area contributed by atoms with Crippen molar-refractivity contribution in [2.24, 2.45) is 0 Å². The average Bonchev–Trinajstić information content (AvgIpc) is 3.32. The summed E-state index contributed by atoms with van der Waals surface area (Å²) in [5.74, 6) is 1.92. The number of rotatable bonds is 12. The highest BCUT2D eigenvalue weighted by Crippen LogP contribution is 2.40. The topological polar surface area (TPSA) is 87.5 Å². The molecule has 0 radical (unpaired) electrons. The molecular weight excluding hydrogens is 524 g/mol. The van der Waals surface area contributed by atoms with Crippen LogP contribution in [0, 0.1) is 0 Å². The molecule has 0 amide bonds. The van der Waals surface area contributed by atoms with Crippen molar-refractivity contribution in [3.05, 3.63) is 82.5 Å². The van der Waals surface area contributed by atoms with E-state index in [9.17, 15) is 4.79 Å². The number of carbonyl (C=O) groups excluding carboxylic acids is 1. The zero-order valence-electron chi connectivity index (χ0n) is 21.7. The predicted octanol–water partition coefficient (Wildman–Crippen LogP) is 6.43. The molecule has 1 aliphatic heterocycles. The average molecular weight is 555 g/mol. The van der Waals surface area contributed by atoms with Crippen molar-refractivity contribution in [2.45, 2.75) is 44.1 Å². The Hall–Kier alpha value is -3.43. The number of thioether (sulfide) groups is 1. The summed E-state index contributed by atoms with van der Waals surface area (Å²) in [7, 11) is 0. The van der Waals surface area contributed by atoms with Crippen LogP contribution in [0.25, 0.3) is 0 Å². The van der Waals surface area contributed by atoms with E-state index < -0.39 is 12.0 Å². The van der Waals surface area contributed by atoms with E-state index in [0.29, 0.717) is 57.9 Å².